The molecule has 0 bridgehead atoms. The highest BCUT2D eigenvalue weighted by Gasteiger charge is 2.49. The number of amides is 1. The molecule has 0 aromatic rings. The van der Waals surface area contributed by atoms with Gasteiger partial charge in [-0.1, -0.05) is 12.8 Å². The first kappa shape index (κ1) is 15.1. The number of carbonyl (C=O) groups is 2. The Labute approximate surface area is 114 Å². The molecule has 2 N–H and O–H groups in total. The maximum atomic E-state index is 12.9. The molecule has 114 valence electrons. The molecule has 3 atom stereocenters. The molecule has 1 amide bonds. The van der Waals surface area contributed by atoms with Crippen LogP contribution in [0.3, 0.4) is 0 Å². The number of hydrogen-bond acceptors (Lipinski definition) is 2. The van der Waals surface area contributed by atoms with E-state index in [0.29, 0.717) is 25.7 Å². The Morgan fingerprint density at radius 1 is 1.10 bits per heavy atom. The fourth-order valence-corrected chi connectivity index (χ4v) is 2.91. The van der Waals surface area contributed by atoms with E-state index in [1.807, 2.05) is 0 Å². The number of carboxylic acids is 1. The van der Waals surface area contributed by atoms with Crippen molar-refractivity contribution in [1.82, 2.24) is 5.32 Å². The second-order valence-electron chi connectivity index (χ2n) is 5.70. The van der Waals surface area contributed by atoms with Crippen molar-refractivity contribution in [1.29, 1.82) is 0 Å². The van der Waals surface area contributed by atoms with Crippen molar-refractivity contribution in [3.63, 3.8) is 0 Å². The molecule has 4 nitrogen and oxygen atoms in total. The van der Waals surface area contributed by atoms with Crippen molar-refractivity contribution < 1.29 is 27.9 Å². The van der Waals surface area contributed by atoms with Crippen LogP contribution in [0.2, 0.25) is 0 Å². The lowest BCUT2D eigenvalue weighted by molar-refractivity contribution is -0.198. The summed E-state index contributed by atoms with van der Waals surface area (Å²) in [5.74, 6) is -4.86. The molecule has 20 heavy (non-hydrogen) atoms. The summed E-state index contributed by atoms with van der Waals surface area (Å²) in [5, 5.41) is 11.3. The van der Waals surface area contributed by atoms with Gasteiger partial charge in [-0.25, -0.2) is 4.79 Å². The van der Waals surface area contributed by atoms with E-state index < -0.39 is 35.9 Å². The maximum Gasteiger partial charge on any atom is 0.392 e. The third-order valence-corrected chi connectivity index (χ3v) is 4.18. The standard InChI is InChI=1S/C13H18F3NO3/c14-13(15,16)9-4-2-1-3-8(9)11(18)17-10(12(19)20)7-5-6-7/h7-10H,1-6H2,(H,17,18)(H,19,20). The van der Waals surface area contributed by atoms with Crippen LogP contribution in [0.15, 0.2) is 0 Å². The van der Waals surface area contributed by atoms with Gasteiger partial charge in [0.15, 0.2) is 0 Å². The first-order chi connectivity index (χ1) is 9.30. The Morgan fingerprint density at radius 2 is 1.70 bits per heavy atom. The van der Waals surface area contributed by atoms with Crippen LogP contribution in [-0.4, -0.2) is 29.2 Å². The van der Waals surface area contributed by atoms with Crippen molar-refractivity contribution in [3.05, 3.63) is 0 Å². The second-order valence-corrected chi connectivity index (χ2v) is 5.70. The van der Waals surface area contributed by atoms with Crippen LogP contribution >= 0.6 is 0 Å². The minimum absolute atomic E-state index is 0.0528. The van der Waals surface area contributed by atoms with Gasteiger partial charge in [-0.15, -0.1) is 0 Å². The number of nitrogens with one attached hydrogen (secondary N) is 1. The summed E-state index contributed by atoms with van der Waals surface area (Å²) in [7, 11) is 0. The van der Waals surface area contributed by atoms with Gasteiger partial charge in [0.1, 0.15) is 6.04 Å². The van der Waals surface area contributed by atoms with Gasteiger partial charge < -0.3 is 10.4 Å². The molecule has 2 rings (SSSR count). The molecule has 2 aliphatic carbocycles. The van der Waals surface area contributed by atoms with Gasteiger partial charge in [0.2, 0.25) is 5.91 Å². The monoisotopic (exact) mass is 293 g/mol. The van der Waals surface area contributed by atoms with E-state index in [9.17, 15) is 22.8 Å². The van der Waals surface area contributed by atoms with Crippen molar-refractivity contribution in [2.24, 2.45) is 17.8 Å². The maximum absolute atomic E-state index is 12.9. The van der Waals surface area contributed by atoms with E-state index in [1.165, 1.54) is 0 Å². The molecular weight excluding hydrogens is 275 g/mol. The zero-order chi connectivity index (χ0) is 14.9. The molecule has 2 aliphatic rings. The number of rotatable bonds is 4. The fourth-order valence-electron chi connectivity index (χ4n) is 2.91. The fraction of sp³-hybridized carbons (Fsp3) is 0.846. The Kier molecular flexibility index (Phi) is 4.25. The summed E-state index contributed by atoms with van der Waals surface area (Å²) in [5.41, 5.74) is 0. The van der Waals surface area contributed by atoms with Crippen molar-refractivity contribution in [2.45, 2.75) is 50.7 Å². The number of alkyl halides is 3. The summed E-state index contributed by atoms with van der Waals surface area (Å²) in [6.45, 7) is 0. The molecule has 0 aromatic carbocycles. The van der Waals surface area contributed by atoms with Crippen molar-refractivity contribution >= 4 is 11.9 Å². The minimum atomic E-state index is -4.40. The number of hydrogen-bond donors (Lipinski definition) is 2. The Hall–Kier alpha value is -1.27. The number of carboxylic acid groups (broad SMARTS) is 1. The quantitative estimate of drug-likeness (QED) is 0.836. The SMILES string of the molecule is O=C(NC(C(=O)O)C1CC1)C1CCCCC1C(F)(F)F. The summed E-state index contributed by atoms with van der Waals surface area (Å²) in [6.07, 6.45) is -1.85. The van der Waals surface area contributed by atoms with E-state index in [2.05, 4.69) is 5.32 Å². The van der Waals surface area contributed by atoms with E-state index in [0.717, 1.165) is 0 Å². The molecule has 3 unspecified atom stereocenters. The molecule has 0 aromatic heterocycles. The molecule has 0 heterocycles. The predicted molar refractivity (Wildman–Crippen MR) is 63.8 cm³/mol. The lowest BCUT2D eigenvalue weighted by atomic mass is 9.78. The third kappa shape index (κ3) is 3.43. The van der Waals surface area contributed by atoms with Crippen LogP contribution in [0.5, 0.6) is 0 Å². The van der Waals surface area contributed by atoms with Crippen LogP contribution in [-0.2, 0) is 9.59 Å². The van der Waals surface area contributed by atoms with E-state index >= 15 is 0 Å². The van der Waals surface area contributed by atoms with Crippen LogP contribution in [0.1, 0.15) is 38.5 Å². The van der Waals surface area contributed by atoms with Gasteiger partial charge in [0.25, 0.3) is 0 Å². The van der Waals surface area contributed by atoms with E-state index in [1.54, 1.807) is 0 Å². The van der Waals surface area contributed by atoms with Crippen molar-refractivity contribution in [3.8, 4) is 0 Å². The van der Waals surface area contributed by atoms with Gasteiger partial charge >= 0.3 is 12.1 Å². The van der Waals surface area contributed by atoms with Gasteiger partial charge in [0, 0.05) is 5.92 Å². The molecule has 0 saturated heterocycles. The van der Waals surface area contributed by atoms with E-state index in [4.69, 9.17) is 5.11 Å². The third-order valence-electron chi connectivity index (χ3n) is 4.18. The lowest BCUT2D eigenvalue weighted by Gasteiger charge is -2.32. The highest BCUT2D eigenvalue weighted by atomic mass is 19.4. The predicted octanol–water partition coefficient (Wildman–Crippen LogP) is 2.33. The van der Waals surface area contributed by atoms with Gasteiger partial charge in [-0.2, -0.15) is 13.2 Å². The summed E-state index contributed by atoms with van der Waals surface area (Å²) >= 11 is 0. The van der Waals surface area contributed by atoms with Crippen molar-refractivity contribution in [2.75, 3.05) is 0 Å². The first-order valence-electron chi connectivity index (χ1n) is 6.90. The molecule has 0 spiro atoms. The Morgan fingerprint density at radius 3 is 2.20 bits per heavy atom. The molecule has 7 heteroatoms. The van der Waals surface area contributed by atoms with Crippen LogP contribution in [0.4, 0.5) is 13.2 Å². The Bertz CT molecular complexity index is 393. The molecule has 2 fully saturated rings. The lowest BCUT2D eigenvalue weighted by Crippen LogP contribution is -2.49. The van der Waals surface area contributed by atoms with E-state index in [-0.39, 0.29) is 18.8 Å². The average molecular weight is 293 g/mol. The van der Waals surface area contributed by atoms with Gasteiger partial charge in [0.05, 0.1) is 5.92 Å². The smallest absolute Gasteiger partial charge is 0.392 e. The van der Waals surface area contributed by atoms with Crippen LogP contribution < -0.4 is 5.32 Å². The normalized spacial score (nSPS) is 28.8. The van der Waals surface area contributed by atoms with Crippen LogP contribution in [0.25, 0.3) is 0 Å². The molecular formula is C13H18F3NO3. The molecule has 0 aliphatic heterocycles. The largest absolute Gasteiger partial charge is 0.480 e. The zero-order valence-corrected chi connectivity index (χ0v) is 10.9. The highest BCUT2D eigenvalue weighted by molar-refractivity contribution is 5.85. The van der Waals surface area contributed by atoms with Crippen LogP contribution in [0, 0.1) is 17.8 Å². The number of halogens is 3. The minimum Gasteiger partial charge on any atom is -0.480 e. The first-order valence-corrected chi connectivity index (χ1v) is 6.90. The number of carbonyl (C=O) groups excluding carboxylic acids is 1. The second kappa shape index (κ2) is 5.61. The average Bonchev–Trinajstić information content (AvgIpc) is 3.18. The zero-order valence-electron chi connectivity index (χ0n) is 10.9. The van der Waals surface area contributed by atoms with Gasteiger partial charge in [-0.3, -0.25) is 4.79 Å². The summed E-state index contributed by atoms with van der Waals surface area (Å²) < 4.78 is 38.8. The number of aliphatic carboxylic acids is 1. The highest BCUT2D eigenvalue weighted by Crippen LogP contribution is 2.42. The van der Waals surface area contributed by atoms with Gasteiger partial charge in [-0.05, 0) is 31.6 Å². The molecule has 0 radical (unpaired) electrons. The topological polar surface area (TPSA) is 66.4 Å². The summed E-state index contributed by atoms with van der Waals surface area (Å²) in [4.78, 5) is 23.1. The molecule has 2 saturated carbocycles. The Balaban J connectivity index is 2.03. The summed E-state index contributed by atoms with van der Waals surface area (Å²) in [6, 6.07) is -1.04.